The van der Waals surface area contributed by atoms with Crippen molar-refractivity contribution < 1.29 is 22.7 Å². The third-order valence-electron chi connectivity index (χ3n) is 3.85. The lowest BCUT2D eigenvalue weighted by atomic mass is 10.0. The molecular formula is C19H21F3O2S. The first-order valence-corrected chi connectivity index (χ1v) is 9.25. The van der Waals surface area contributed by atoms with Crippen LogP contribution in [0.4, 0.5) is 13.2 Å². The van der Waals surface area contributed by atoms with Crippen LogP contribution in [0, 0.1) is 0 Å². The second kappa shape index (κ2) is 9.04. The topological polar surface area (TPSA) is 26.3 Å². The van der Waals surface area contributed by atoms with Gasteiger partial charge >= 0.3 is 12.1 Å². The Hall–Kier alpha value is -1.82. The molecule has 0 aliphatic carbocycles. The SMILES string of the molecule is CCCCCCCc1ccc(C(=O)Oc2cc(C(F)(F)F)cs2)cc1. The summed E-state index contributed by atoms with van der Waals surface area (Å²) in [6, 6.07) is 7.88. The number of aryl methyl sites for hydroxylation is 1. The van der Waals surface area contributed by atoms with Gasteiger partial charge in [0.1, 0.15) is 0 Å². The van der Waals surface area contributed by atoms with E-state index in [1.54, 1.807) is 12.1 Å². The van der Waals surface area contributed by atoms with Gasteiger partial charge in [-0.2, -0.15) is 13.2 Å². The predicted molar refractivity (Wildman–Crippen MR) is 93.2 cm³/mol. The molecule has 0 spiro atoms. The van der Waals surface area contributed by atoms with Crippen molar-refractivity contribution >= 4 is 17.3 Å². The van der Waals surface area contributed by atoms with Crippen LogP contribution in [0.2, 0.25) is 0 Å². The molecule has 0 N–H and O–H groups in total. The molecule has 0 atom stereocenters. The first-order chi connectivity index (χ1) is 11.9. The quantitative estimate of drug-likeness (QED) is 0.392. The van der Waals surface area contributed by atoms with Crippen LogP contribution in [0.1, 0.15) is 60.5 Å². The summed E-state index contributed by atoms with van der Waals surface area (Å²) in [4.78, 5) is 12.0. The van der Waals surface area contributed by atoms with E-state index in [9.17, 15) is 18.0 Å². The molecule has 2 nitrogen and oxygen atoms in total. The normalized spacial score (nSPS) is 11.5. The summed E-state index contributed by atoms with van der Waals surface area (Å²) in [5.74, 6) is -0.648. The van der Waals surface area contributed by atoms with Crippen molar-refractivity contribution in [3.8, 4) is 5.06 Å². The lowest BCUT2D eigenvalue weighted by molar-refractivity contribution is -0.137. The van der Waals surface area contributed by atoms with Gasteiger partial charge in [-0.1, -0.05) is 44.7 Å². The zero-order valence-corrected chi connectivity index (χ0v) is 14.9. The highest BCUT2D eigenvalue weighted by atomic mass is 32.1. The van der Waals surface area contributed by atoms with Crippen LogP contribution in [-0.2, 0) is 12.6 Å². The second-order valence-electron chi connectivity index (χ2n) is 5.90. The minimum absolute atomic E-state index is 0.0580. The molecule has 1 heterocycles. The fraction of sp³-hybridized carbons (Fsp3) is 0.421. The summed E-state index contributed by atoms with van der Waals surface area (Å²) >= 11 is 0.757. The number of ether oxygens (including phenoxy) is 1. The Morgan fingerprint density at radius 1 is 1.08 bits per heavy atom. The molecular weight excluding hydrogens is 349 g/mol. The number of unbranched alkanes of at least 4 members (excludes halogenated alkanes) is 4. The zero-order valence-electron chi connectivity index (χ0n) is 14.1. The highest BCUT2D eigenvalue weighted by Gasteiger charge is 2.32. The van der Waals surface area contributed by atoms with Gasteiger partial charge in [0.2, 0.25) is 0 Å². The molecule has 0 saturated carbocycles. The molecule has 0 aliphatic heterocycles. The van der Waals surface area contributed by atoms with Gasteiger partial charge < -0.3 is 4.74 Å². The standard InChI is InChI=1S/C19H21F3O2S/c1-2-3-4-5-6-7-14-8-10-15(11-9-14)18(23)24-17-12-16(13-25-17)19(20,21)22/h8-13H,2-7H2,1H3. The number of rotatable bonds is 8. The molecule has 2 rings (SSSR count). The molecule has 25 heavy (non-hydrogen) atoms. The number of alkyl halides is 3. The first kappa shape index (κ1) is 19.5. The highest BCUT2D eigenvalue weighted by molar-refractivity contribution is 7.12. The van der Waals surface area contributed by atoms with E-state index < -0.39 is 17.7 Å². The average Bonchev–Trinajstić information content (AvgIpc) is 3.04. The summed E-state index contributed by atoms with van der Waals surface area (Å²) in [6.45, 7) is 2.18. The Morgan fingerprint density at radius 2 is 1.76 bits per heavy atom. The Bertz CT molecular complexity index is 675. The number of thiophene rings is 1. The molecule has 0 amide bonds. The fourth-order valence-electron chi connectivity index (χ4n) is 2.41. The molecule has 0 aliphatic rings. The molecule has 0 saturated heterocycles. The molecule has 6 heteroatoms. The van der Waals surface area contributed by atoms with E-state index in [0.29, 0.717) is 5.56 Å². The second-order valence-corrected chi connectivity index (χ2v) is 6.78. The number of hydrogen-bond donors (Lipinski definition) is 0. The minimum atomic E-state index is -4.43. The van der Waals surface area contributed by atoms with E-state index in [-0.39, 0.29) is 5.06 Å². The Kier molecular flexibility index (Phi) is 7.05. The average molecular weight is 370 g/mol. The lowest BCUT2D eigenvalue weighted by Gasteiger charge is -2.05. The van der Waals surface area contributed by atoms with Crippen LogP contribution in [0.5, 0.6) is 5.06 Å². The highest BCUT2D eigenvalue weighted by Crippen LogP contribution is 2.35. The minimum Gasteiger partial charge on any atom is -0.412 e. The Balaban J connectivity index is 1.86. The fourth-order valence-corrected chi connectivity index (χ4v) is 3.17. The molecule has 136 valence electrons. The van der Waals surface area contributed by atoms with Crippen molar-refractivity contribution in [2.75, 3.05) is 0 Å². The summed E-state index contributed by atoms with van der Waals surface area (Å²) in [5.41, 5.74) is 0.666. The van der Waals surface area contributed by atoms with Crippen molar-refractivity contribution in [3.05, 3.63) is 52.4 Å². The smallest absolute Gasteiger partial charge is 0.412 e. The molecule has 1 aromatic heterocycles. The van der Waals surface area contributed by atoms with Crippen LogP contribution in [-0.4, -0.2) is 5.97 Å². The van der Waals surface area contributed by atoms with E-state index in [0.717, 1.165) is 41.2 Å². The first-order valence-electron chi connectivity index (χ1n) is 8.37. The Morgan fingerprint density at radius 3 is 2.36 bits per heavy atom. The van der Waals surface area contributed by atoms with Gasteiger partial charge in [-0.05, 0) is 30.5 Å². The number of halogens is 3. The maximum absolute atomic E-state index is 12.5. The molecule has 0 bridgehead atoms. The van der Waals surface area contributed by atoms with Gasteiger partial charge in [0.05, 0.1) is 11.1 Å². The van der Waals surface area contributed by atoms with E-state index in [1.165, 1.54) is 25.7 Å². The van der Waals surface area contributed by atoms with E-state index in [2.05, 4.69) is 6.92 Å². The number of benzene rings is 1. The van der Waals surface area contributed by atoms with Crippen LogP contribution in [0.25, 0.3) is 0 Å². The monoisotopic (exact) mass is 370 g/mol. The molecule has 0 unspecified atom stereocenters. The van der Waals surface area contributed by atoms with Gasteiger partial charge in [-0.25, -0.2) is 4.79 Å². The van der Waals surface area contributed by atoms with Crippen LogP contribution >= 0.6 is 11.3 Å². The summed E-state index contributed by atoms with van der Waals surface area (Å²) in [5, 5.41) is 0.877. The Labute approximate surface area is 149 Å². The van der Waals surface area contributed by atoms with Gasteiger partial charge in [0.25, 0.3) is 0 Å². The van der Waals surface area contributed by atoms with Crippen LogP contribution in [0.3, 0.4) is 0 Å². The third kappa shape index (κ3) is 6.20. The van der Waals surface area contributed by atoms with E-state index in [4.69, 9.17) is 4.74 Å². The number of esters is 1. The van der Waals surface area contributed by atoms with Gasteiger partial charge in [-0.3, -0.25) is 0 Å². The van der Waals surface area contributed by atoms with Crippen LogP contribution < -0.4 is 4.74 Å². The summed E-state index contributed by atoms with van der Waals surface area (Å²) < 4.78 is 42.6. The van der Waals surface area contributed by atoms with Gasteiger partial charge in [0.15, 0.2) is 5.06 Å². The van der Waals surface area contributed by atoms with Crippen LogP contribution in [0.15, 0.2) is 35.7 Å². The molecule has 0 radical (unpaired) electrons. The van der Waals surface area contributed by atoms with E-state index in [1.807, 2.05) is 12.1 Å². The lowest BCUT2D eigenvalue weighted by Crippen LogP contribution is -2.08. The largest absolute Gasteiger partial charge is 0.417 e. The summed E-state index contributed by atoms with van der Waals surface area (Å²) in [7, 11) is 0. The number of hydrogen-bond acceptors (Lipinski definition) is 3. The van der Waals surface area contributed by atoms with Gasteiger partial charge in [-0.15, -0.1) is 11.3 Å². The van der Waals surface area contributed by atoms with E-state index >= 15 is 0 Å². The van der Waals surface area contributed by atoms with Crippen molar-refractivity contribution in [3.63, 3.8) is 0 Å². The van der Waals surface area contributed by atoms with Crippen molar-refractivity contribution in [2.24, 2.45) is 0 Å². The summed E-state index contributed by atoms with van der Waals surface area (Å²) in [6.07, 6.45) is 2.53. The molecule has 0 fully saturated rings. The molecule has 1 aromatic carbocycles. The number of carbonyl (C=O) groups excluding carboxylic acids is 1. The maximum Gasteiger partial charge on any atom is 0.417 e. The zero-order chi connectivity index (χ0) is 18.3. The predicted octanol–water partition coefficient (Wildman–Crippen LogP) is 6.50. The molecule has 2 aromatic rings. The van der Waals surface area contributed by atoms with Crippen molar-refractivity contribution in [2.45, 2.75) is 51.6 Å². The van der Waals surface area contributed by atoms with Gasteiger partial charge in [0, 0.05) is 11.4 Å². The third-order valence-corrected chi connectivity index (χ3v) is 4.66. The van der Waals surface area contributed by atoms with Crippen molar-refractivity contribution in [1.82, 2.24) is 0 Å². The van der Waals surface area contributed by atoms with Crippen molar-refractivity contribution in [1.29, 1.82) is 0 Å². The number of carbonyl (C=O) groups is 1. The maximum atomic E-state index is 12.5.